The number of carboxylic acid groups (broad SMARTS) is 1. The lowest BCUT2D eigenvalue weighted by atomic mass is 9.55. The zero-order valence-corrected chi connectivity index (χ0v) is 20.3. The van der Waals surface area contributed by atoms with Gasteiger partial charge in [-0.1, -0.05) is 19.1 Å². The lowest BCUT2D eigenvalue weighted by molar-refractivity contribution is -0.142. The summed E-state index contributed by atoms with van der Waals surface area (Å²) in [4.78, 5) is 17.5. The Bertz CT molecular complexity index is 1160. The number of carbonyl (C=O) groups is 1. The third kappa shape index (κ3) is 4.12. The maximum absolute atomic E-state index is 13.4. The van der Waals surface area contributed by atoms with Gasteiger partial charge in [-0.2, -0.15) is 13.2 Å². The quantitative estimate of drug-likeness (QED) is 0.533. The molecule has 3 atom stereocenters. The number of fused-ring (bicyclic) bond motifs is 1. The van der Waals surface area contributed by atoms with Crippen LogP contribution < -0.4 is 9.64 Å². The Kier molecular flexibility index (Phi) is 5.50. The highest BCUT2D eigenvalue weighted by atomic mass is 19.4. The van der Waals surface area contributed by atoms with E-state index in [1.54, 1.807) is 11.8 Å². The number of ether oxygens (including phenoxy) is 1. The number of carboxylic acids is 1. The fourth-order valence-electron chi connectivity index (χ4n) is 6.88. The molecule has 1 spiro atoms. The number of hydrogen-bond donors (Lipinski definition) is 1. The maximum Gasteiger partial charge on any atom is 0.419 e. The number of aromatic nitrogens is 1. The van der Waals surface area contributed by atoms with Gasteiger partial charge in [-0.15, -0.1) is 0 Å². The zero-order chi connectivity index (χ0) is 25.2. The Morgan fingerprint density at radius 1 is 1.19 bits per heavy atom. The highest BCUT2D eigenvalue weighted by molar-refractivity contribution is 5.71. The normalized spacial score (nSPS) is 24.8. The van der Waals surface area contributed by atoms with Crippen LogP contribution >= 0.6 is 0 Å². The van der Waals surface area contributed by atoms with Gasteiger partial charge in [-0.25, -0.2) is 4.98 Å². The second kappa shape index (κ2) is 8.38. The first-order valence-corrected chi connectivity index (χ1v) is 12.9. The molecule has 0 radical (unpaired) electrons. The van der Waals surface area contributed by atoms with Gasteiger partial charge in [0.25, 0.3) is 0 Å². The molecule has 5 nitrogen and oxygen atoms in total. The minimum atomic E-state index is -4.41. The highest BCUT2D eigenvalue weighted by Gasteiger charge is 2.56. The molecular formula is C28H31F3N2O3. The Labute approximate surface area is 208 Å². The average molecular weight is 501 g/mol. The summed E-state index contributed by atoms with van der Waals surface area (Å²) in [6.45, 7) is 3.01. The number of rotatable bonds is 6. The molecule has 2 saturated carbocycles. The van der Waals surface area contributed by atoms with Crippen molar-refractivity contribution in [1.29, 1.82) is 0 Å². The van der Waals surface area contributed by atoms with E-state index in [9.17, 15) is 23.1 Å². The van der Waals surface area contributed by atoms with Gasteiger partial charge in [0, 0.05) is 24.7 Å². The monoisotopic (exact) mass is 500 g/mol. The molecule has 1 N–H and O–H groups in total. The van der Waals surface area contributed by atoms with Gasteiger partial charge in [0.1, 0.15) is 17.7 Å². The number of nitrogens with zero attached hydrogens (tertiary/aromatic N) is 2. The van der Waals surface area contributed by atoms with Gasteiger partial charge in [0.2, 0.25) is 0 Å². The molecule has 0 amide bonds. The maximum atomic E-state index is 13.4. The molecule has 2 aliphatic carbocycles. The van der Waals surface area contributed by atoms with E-state index in [2.05, 4.69) is 23.2 Å². The summed E-state index contributed by atoms with van der Waals surface area (Å²) in [6, 6.07) is 8.69. The molecule has 1 aromatic heterocycles. The van der Waals surface area contributed by atoms with E-state index in [0.29, 0.717) is 24.9 Å². The Hall–Kier alpha value is -2.77. The smallest absolute Gasteiger partial charge is 0.419 e. The largest absolute Gasteiger partial charge is 0.490 e. The molecule has 192 valence electrons. The van der Waals surface area contributed by atoms with Crippen molar-refractivity contribution >= 4 is 11.8 Å². The summed E-state index contributed by atoms with van der Waals surface area (Å²) in [7, 11) is 0. The van der Waals surface area contributed by atoms with Gasteiger partial charge in [-0.05, 0) is 85.6 Å². The van der Waals surface area contributed by atoms with Crippen molar-refractivity contribution in [3.05, 3.63) is 53.2 Å². The third-order valence-corrected chi connectivity index (χ3v) is 8.87. The number of hydrogen-bond acceptors (Lipinski definition) is 4. The van der Waals surface area contributed by atoms with Crippen LogP contribution in [0.2, 0.25) is 0 Å². The Morgan fingerprint density at radius 3 is 2.61 bits per heavy atom. The van der Waals surface area contributed by atoms with Crippen LogP contribution in [-0.2, 0) is 17.4 Å². The van der Waals surface area contributed by atoms with Crippen LogP contribution in [0.25, 0.3) is 0 Å². The number of alkyl halides is 3. The third-order valence-electron chi connectivity index (χ3n) is 8.87. The van der Waals surface area contributed by atoms with Crippen LogP contribution in [0.4, 0.5) is 19.0 Å². The molecule has 1 saturated heterocycles. The molecule has 2 aliphatic heterocycles. The topological polar surface area (TPSA) is 62.7 Å². The summed E-state index contributed by atoms with van der Waals surface area (Å²) < 4.78 is 46.6. The first-order chi connectivity index (χ1) is 17.1. The Balaban J connectivity index is 1.10. The number of pyridine rings is 1. The van der Waals surface area contributed by atoms with Crippen LogP contribution in [0.5, 0.6) is 5.75 Å². The van der Waals surface area contributed by atoms with E-state index in [4.69, 9.17) is 4.74 Å². The minimum absolute atomic E-state index is 0.0119. The van der Waals surface area contributed by atoms with Crippen molar-refractivity contribution in [2.24, 2.45) is 23.2 Å². The lowest BCUT2D eigenvalue weighted by Gasteiger charge is -2.61. The van der Waals surface area contributed by atoms with Crippen LogP contribution in [0.15, 0.2) is 36.5 Å². The number of anilines is 1. The first-order valence-electron chi connectivity index (χ1n) is 12.9. The standard InChI is InChI=1S/C28H31F3N2O3/c1-16(26(34)35)24(18-5-6-18)19-7-4-17-8-9-22(36-23(17)11-19)20-12-27(13-20)14-33(15-27)25-21(28(29,30)31)3-2-10-32-25/h2-4,7,10-11,16,18,20,22,24H,5-6,8-9,12-15H2,1H3,(H,34,35)/t16-,22?,24?/m0/s1. The minimum Gasteiger partial charge on any atom is -0.490 e. The SMILES string of the molecule is C[C@H](C(=O)O)C(c1ccc2c(c1)OC(C1CC3(C1)CN(c1ncccc1C(F)(F)F)C3)CC2)C1CC1. The molecule has 6 rings (SSSR count). The van der Waals surface area contributed by atoms with Crippen LogP contribution in [-0.4, -0.2) is 35.3 Å². The summed E-state index contributed by atoms with van der Waals surface area (Å²) in [6.07, 6.45) is 3.05. The molecule has 8 heteroatoms. The summed E-state index contributed by atoms with van der Waals surface area (Å²) in [5.74, 6) is 0.566. The molecule has 4 aliphatic rings. The zero-order valence-electron chi connectivity index (χ0n) is 20.3. The van der Waals surface area contributed by atoms with Crippen molar-refractivity contribution in [3.63, 3.8) is 0 Å². The van der Waals surface area contributed by atoms with E-state index < -0.39 is 23.6 Å². The Morgan fingerprint density at radius 2 is 1.94 bits per heavy atom. The van der Waals surface area contributed by atoms with Crippen molar-refractivity contribution in [1.82, 2.24) is 4.98 Å². The van der Waals surface area contributed by atoms with Crippen LogP contribution in [0.3, 0.4) is 0 Å². The van der Waals surface area contributed by atoms with Gasteiger partial charge >= 0.3 is 12.1 Å². The van der Waals surface area contributed by atoms with Crippen molar-refractivity contribution < 1.29 is 27.8 Å². The van der Waals surface area contributed by atoms with Crippen LogP contribution in [0, 0.1) is 23.2 Å². The highest BCUT2D eigenvalue weighted by Crippen LogP contribution is 2.56. The molecule has 3 heterocycles. The van der Waals surface area contributed by atoms with E-state index >= 15 is 0 Å². The van der Waals surface area contributed by atoms with E-state index in [1.807, 2.05) is 0 Å². The molecule has 36 heavy (non-hydrogen) atoms. The summed E-state index contributed by atoms with van der Waals surface area (Å²) in [5, 5.41) is 9.61. The molecule has 2 unspecified atom stereocenters. The second-order valence-corrected chi connectivity index (χ2v) is 11.4. The summed E-state index contributed by atoms with van der Waals surface area (Å²) in [5.41, 5.74) is 1.62. The number of aryl methyl sites for hydroxylation is 1. The van der Waals surface area contributed by atoms with Crippen molar-refractivity contribution in [2.45, 2.75) is 63.6 Å². The van der Waals surface area contributed by atoms with E-state index in [1.165, 1.54) is 17.8 Å². The molecule has 1 aromatic carbocycles. The molecule has 0 bridgehead atoms. The fourth-order valence-corrected chi connectivity index (χ4v) is 6.88. The number of aliphatic carboxylic acids is 1. The van der Waals surface area contributed by atoms with Gasteiger partial charge in [-0.3, -0.25) is 4.79 Å². The van der Waals surface area contributed by atoms with Crippen LogP contribution in [0.1, 0.15) is 61.6 Å². The molecule has 3 fully saturated rings. The van der Waals surface area contributed by atoms with Crippen molar-refractivity contribution in [2.75, 3.05) is 18.0 Å². The van der Waals surface area contributed by atoms with Gasteiger partial charge in [0.15, 0.2) is 0 Å². The second-order valence-electron chi connectivity index (χ2n) is 11.4. The predicted molar refractivity (Wildman–Crippen MR) is 128 cm³/mol. The summed E-state index contributed by atoms with van der Waals surface area (Å²) >= 11 is 0. The number of halogens is 3. The van der Waals surface area contributed by atoms with E-state index in [-0.39, 0.29) is 23.3 Å². The lowest BCUT2D eigenvalue weighted by Crippen LogP contribution is -2.64. The first kappa shape index (κ1) is 23.6. The van der Waals surface area contributed by atoms with Gasteiger partial charge in [0.05, 0.1) is 11.5 Å². The molecule has 2 aromatic rings. The van der Waals surface area contributed by atoms with E-state index in [0.717, 1.165) is 55.9 Å². The number of benzene rings is 1. The predicted octanol–water partition coefficient (Wildman–Crippen LogP) is 5.92. The van der Waals surface area contributed by atoms with Gasteiger partial charge < -0.3 is 14.7 Å². The molecular weight excluding hydrogens is 469 g/mol. The van der Waals surface area contributed by atoms with Crippen molar-refractivity contribution in [3.8, 4) is 5.75 Å². The fraction of sp³-hybridized carbons (Fsp3) is 0.571. The average Bonchev–Trinajstić information content (AvgIpc) is 3.62.